The second kappa shape index (κ2) is 2.93. The topological polar surface area (TPSA) is 60.2 Å². The van der Waals surface area contributed by atoms with Crippen LogP contribution in [0.4, 0.5) is 0 Å². The first-order valence-corrected chi connectivity index (χ1v) is 5.86. The largest absolute Gasteiger partial charge is 0.326 e. The molecule has 4 heteroatoms. The Bertz CT molecular complexity index is 515. The van der Waals surface area contributed by atoms with Crippen LogP contribution in [0.2, 0.25) is 0 Å². The fourth-order valence-electron chi connectivity index (χ4n) is 1.75. The minimum Gasteiger partial charge on any atom is -0.326 e. The van der Waals surface area contributed by atoms with E-state index >= 15 is 0 Å². The van der Waals surface area contributed by atoms with Gasteiger partial charge >= 0.3 is 0 Å². The number of aryl methyl sites for hydroxylation is 1. The third kappa shape index (κ3) is 1.19. The van der Waals surface area contributed by atoms with Gasteiger partial charge in [-0.3, -0.25) is 0 Å². The van der Waals surface area contributed by atoms with Gasteiger partial charge in [0, 0.05) is 17.5 Å². The summed E-state index contributed by atoms with van der Waals surface area (Å²) in [6.07, 6.45) is 0. The van der Waals surface area contributed by atoms with Crippen molar-refractivity contribution in [1.82, 2.24) is 0 Å². The molecule has 2 rings (SSSR count). The predicted molar refractivity (Wildman–Crippen MR) is 55.4 cm³/mol. The summed E-state index contributed by atoms with van der Waals surface area (Å²) in [5, 5.41) is 1.27. The van der Waals surface area contributed by atoms with Crippen LogP contribution in [-0.4, -0.2) is 15.0 Å². The zero-order chi connectivity index (χ0) is 10.3. The zero-order valence-electron chi connectivity index (χ0n) is 7.82. The van der Waals surface area contributed by atoms with Crippen LogP contribution in [0.1, 0.15) is 11.1 Å². The minimum absolute atomic E-state index is 0.261. The number of hydrogen-bond acceptors (Lipinski definition) is 3. The highest BCUT2D eigenvalue weighted by Gasteiger charge is 2.26. The summed E-state index contributed by atoms with van der Waals surface area (Å²) in [5.74, 6) is 0. The van der Waals surface area contributed by atoms with Crippen molar-refractivity contribution in [3.05, 3.63) is 34.7 Å². The molecule has 1 aromatic rings. The summed E-state index contributed by atoms with van der Waals surface area (Å²) in [5.41, 5.74) is 7.96. The van der Waals surface area contributed by atoms with Crippen LogP contribution in [0.25, 0.3) is 5.57 Å². The number of benzene rings is 1. The van der Waals surface area contributed by atoms with Crippen LogP contribution >= 0.6 is 0 Å². The van der Waals surface area contributed by atoms with E-state index in [9.17, 15) is 8.42 Å². The Hall–Kier alpha value is -1.13. The highest BCUT2D eigenvalue weighted by molar-refractivity contribution is 7.95. The third-order valence-electron chi connectivity index (χ3n) is 2.38. The molecule has 0 saturated carbocycles. The zero-order valence-corrected chi connectivity index (χ0v) is 8.64. The summed E-state index contributed by atoms with van der Waals surface area (Å²) in [4.78, 5) is 0.387. The molecule has 1 heterocycles. The van der Waals surface area contributed by atoms with Gasteiger partial charge in [-0.15, -0.1) is 0 Å². The van der Waals surface area contributed by atoms with Gasteiger partial charge in [-0.1, -0.05) is 12.1 Å². The second-order valence-electron chi connectivity index (χ2n) is 3.34. The lowest BCUT2D eigenvalue weighted by Crippen LogP contribution is -2.01. The van der Waals surface area contributed by atoms with Gasteiger partial charge in [0.25, 0.3) is 0 Å². The molecule has 0 aromatic heterocycles. The lowest BCUT2D eigenvalue weighted by atomic mass is 10.0. The predicted octanol–water partition coefficient (Wildman–Crippen LogP) is 1.08. The Morgan fingerprint density at radius 1 is 1.36 bits per heavy atom. The molecular weight excluding hydrogens is 198 g/mol. The Morgan fingerprint density at radius 3 is 2.71 bits per heavy atom. The molecule has 2 N–H and O–H groups in total. The van der Waals surface area contributed by atoms with E-state index < -0.39 is 9.84 Å². The molecule has 14 heavy (non-hydrogen) atoms. The molecule has 0 fully saturated rings. The molecule has 0 amide bonds. The molecule has 1 aliphatic rings. The Labute approximate surface area is 83.2 Å². The van der Waals surface area contributed by atoms with Gasteiger partial charge in [0.15, 0.2) is 0 Å². The van der Waals surface area contributed by atoms with Crippen molar-refractivity contribution < 1.29 is 8.42 Å². The molecular formula is C10H11NO2S. The smallest absolute Gasteiger partial charge is 0.200 e. The number of rotatable bonds is 1. The number of fused-ring (bicyclic) bond motifs is 1. The maximum Gasteiger partial charge on any atom is 0.200 e. The lowest BCUT2D eigenvalue weighted by molar-refractivity contribution is 0.605. The highest BCUT2D eigenvalue weighted by Crippen LogP contribution is 2.34. The van der Waals surface area contributed by atoms with Crippen molar-refractivity contribution in [2.75, 3.05) is 6.54 Å². The first-order valence-electron chi connectivity index (χ1n) is 4.32. The van der Waals surface area contributed by atoms with E-state index in [-0.39, 0.29) is 6.54 Å². The summed E-state index contributed by atoms with van der Waals surface area (Å²) in [6, 6.07) is 5.26. The second-order valence-corrected chi connectivity index (χ2v) is 5.11. The van der Waals surface area contributed by atoms with Crippen LogP contribution in [-0.2, 0) is 9.84 Å². The van der Waals surface area contributed by atoms with Crippen LogP contribution < -0.4 is 5.73 Å². The van der Waals surface area contributed by atoms with Crippen molar-refractivity contribution in [3.8, 4) is 0 Å². The van der Waals surface area contributed by atoms with Crippen molar-refractivity contribution in [2.45, 2.75) is 11.8 Å². The number of nitrogens with two attached hydrogens (primary N) is 1. The molecule has 74 valence electrons. The average molecular weight is 209 g/mol. The standard InChI is InChI=1S/C10H11NO2S/c1-7-3-2-4-9-10(7)8(5-11)6-14(9,12)13/h2-4,6H,5,11H2,1H3. The first kappa shape index (κ1) is 9.43. The van der Waals surface area contributed by atoms with Gasteiger partial charge in [-0.25, -0.2) is 8.42 Å². The van der Waals surface area contributed by atoms with Crippen LogP contribution in [0, 0.1) is 6.92 Å². The Balaban J connectivity index is 2.82. The van der Waals surface area contributed by atoms with Crippen molar-refractivity contribution in [3.63, 3.8) is 0 Å². The Morgan fingerprint density at radius 2 is 2.07 bits per heavy atom. The van der Waals surface area contributed by atoms with Crippen LogP contribution in [0.3, 0.4) is 0 Å². The molecule has 0 unspecified atom stereocenters. The van der Waals surface area contributed by atoms with E-state index in [4.69, 9.17) is 5.73 Å². The highest BCUT2D eigenvalue weighted by atomic mass is 32.2. The van der Waals surface area contributed by atoms with E-state index in [0.717, 1.165) is 11.1 Å². The third-order valence-corrected chi connectivity index (χ3v) is 3.93. The van der Waals surface area contributed by atoms with E-state index in [2.05, 4.69) is 0 Å². The molecule has 0 atom stereocenters. The maximum atomic E-state index is 11.6. The fraction of sp³-hybridized carbons (Fsp3) is 0.200. The van der Waals surface area contributed by atoms with Gasteiger partial charge < -0.3 is 5.73 Å². The molecule has 1 aliphatic heterocycles. The van der Waals surface area contributed by atoms with E-state index in [1.54, 1.807) is 12.1 Å². The summed E-state index contributed by atoms with van der Waals surface area (Å²) in [7, 11) is -3.23. The van der Waals surface area contributed by atoms with E-state index in [1.807, 2.05) is 13.0 Å². The molecule has 0 aliphatic carbocycles. The normalized spacial score (nSPS) is 17.7. The summed E-state index contributed by atoms with van der Waals surface area (Å²) in [6.45, 7) is 2.15. The molecule has 0 radical (unpaired) electrons. The van der Waals surface area contributed by atoms with Gasteiger partial charge in [0.05, 0.1) is 4.90 Å². The summed E-state index contributed by atoms with van der Waals surface area (Å²) >= 11 is 0. The average Bonchev–Trinajstić information content (AvgIpc) is 2.40. The van der Waals surface area contributed by atoms with Crippen molar-refractivity contribution >= 4 is 15.4 Å². The van der Waals surface area contributed by atoms with Crippen molar-refractivity contribution in [1.29, 1.82) is 0 Å². The SMILES string of the molecule is Cc1cccc2c1C(CN)=CS2(=O)=O. The van der Waals surface area contributed by atoms with Crippen molar-refractivity contribution in [2.24, 2.45) is 5.73 Å². The van der Waals surface area contributed by atoms with Crippen LogP contribution in [0.5, 0.6) is 0 Å². The maximum absolute atomic E-state index is 11.6. The minimum atomic E-state index is -3.23. The number of hydrogen-bond donors (Lipinski definition) is 1. The number of sulfone groups is 1. The van der Waals surface area contributed by atoms with Gasteiger partial charge in [-0.2, -0.15) is 0 Å². The van der Waals surface area contributed by atoms with Crippen LogP contribution in [0.15, 0.2) is 28.5 Å². The van der Waals surface area contributed by atoms with Gasteiger partial charge in [-0.05, 0) is 24.1 Å². The molecule has 0 bridgehead atoms. The molecule has 1 aromatic carbocycles. The van der Waals surface area contributed by atoms with Gasteiger partial charge in [0.2, 0.25) is 9.84 Å². The summed E-state index contributed by atoms with van der Waals surface area (Å²) < 4.78 is 23.3. The molecule has 0 spiro atoms. The fourth-order valence-corrected chi connectivity index (χ4v) is 3.31. The lowest BCUT2D eigenvalue weighted by Gasteiger charge is -2.05. The molecule has 3 nitrogen and oxygen atoms in total. The quantitative estimate of drug-likeness (QED) is 0.753. The molecule has 0 saturated heterocycles. The Kier molecular flexibility index (Phi) is 1.97. The van der Waals surface area contributed by atoms with E-state index in [1.165, 1.54) is 5.41 Å². The van der Waals surface area contributed by atoms with E-state index in [0.29, 0.717) is 10.5 Å². The van der Waals surface area contributed by atoms with Gasteiger partial charge in [0.1, 0.15) is 0 Å². The first-order chi connectivity index (χ1) is 6.56. The monoisotopic (exact) mass is 209 g/mol.